The standard InChI is InChI=1S/C15H21NO2/c1-10-6-7-12(11(2)8-10)13(17)9-16-14(18)15(3,4)5/h6-8H,9H2,1-5H3,(H,16,18). The van der Waals surface area contributed by atoms with Crippen LogP contribution in [0.1, 0.15) is 42.3 Å². The van der Waals surface area contributed by atoms with Gasteiger partial charge in [0.15, 0.2) is 5.78 Å². The zero-order valence-electron chi connectivity index (χ0n) is 11.8. The number of benzene rings is 1. The van der Waals surface area contributed by atoms with Crippen LogP contribution in [0.25, 0.3) is 0 Å². The molecular weight excluding hydrogens is 226 g/mol. The Kier molecular flexibility index (Phi) is 4.28. The number of carbonyl (C=O) groups is 2. The number of ketones is 1. The number of aryl methyl sites for hydroxylation is 2. The highest BCUT2D eigenvalue weighted by molar-refractivity contribution is 6.00. The predicted molar refractivity (Wildman–Crippen MR) is 72.7 cm³/mol. The van der Waals surface area contributed by atoms with Gasteiger partial charge < -0.3 is 5.32 Å². The van der Waals surface area contributed by atoms with Crippen molar-refractivity contribution in [2.45, 2.75) is 34.6 Å². The third kappa shape index (κ3) is 3.69. The van der Waals surface area contributed by atoms with Crippen molar-refractivity contribution in [3.05, 3.63) is 34.9 Å². The molecule has 0 aliphatic carbocycles. The summed E-state index contributed by atoms with van der Waals surface area (Å²) >= 11 is 0. The Bertz CT molecular complexity index is 470. The Hall–Kier alpha value is -1.64. The molecule has 0 saturated carbocycles. The lowest BCUT2D eigenvalue weighted by atomic mass is 9.95. The van der Waals surface area contributed by atoms with Crippen molar-refractivity contribution in [1.29, 1.82) is 0 Å². The Balaban J connectivity index is 2.70. The fraction of sp³-hybridized carbons (Fsp3) is 0.467. The molecule has 0 aromatic heterocycles. The van der Waals surface area contributed by atoms with Crippen LogP contribution < -0.4 is 5.32 Å². The quantitative estimate of drug-likeness (QED) is 0.835. The van der Waals surface area contributed by atoms with Gasteiger partial charge in [0, 0.05) is 11.0 Å². The SMILES string of the molecule is Cc1ccc(C(=O)CNC(=O)C(C)(C)C)c(C)c1. The third-order valence-electron chi connectivity index (χ3n) is 2.77. The number of carbonyl (C=O) groups excluding carboxylic acids is 2. The summed E-state index contributed by atoms with van der Waals surface area (Å²) < 4.78 is 0. The van der Waals surface area contributed by atoms with Gasteiger partial charge in [-0.2, -0.15) is 0 Å². The monoisotopic (exact) mass is 247 g/mol. The molecule has 0 radical (unpaired) electrons. The topological polar surface area (TPSA) is 46.2 Å². The summed E-state index contributed by atoms with van der Waals surface area (Å²) in [6.07, 6.45) is 0. The molecule has 0 aliphatic heterocycles. The molecule has 1 aromatic carbocycles. The predicted octanol–water partition coefficient (Wildman–Crippen LogP) is 2.65. The van der Waals surface area contributed by atoms with Gasteiger partial charge in [0.1, 0.15) is 0 Å². The van der Waals surface area contributed by atoms with Crippen LogP contribution in [0.3, 0.4) is 0 Å². The summed E-state index contributed by atoms with van der Waals surface area (Å²) in [4.78, 5) is 23.7. The van der Waals surface area contributed by atoms with Crippen LogP contribution >= 0.6 is 0 Å². The molecule has 0 fully saturated rings. The Labute approximate surface area is 109 Å². The molecule has 0 saturated heterocycles. The summed E-state index contributed by atoms with van der Waals surface area (Å²) in [5.41, 5.74) is 2.28. The second kappa shape index (κ2) is 5.34. The van der Waals surface area contributed by atoms with Crippen LogP contribution in [-0.4, -0.2) is 18.2 Å². The van der Waals surface area contributed by atoms with Crippen molar-refractivity contribution in [3.8, 4) is 0 Å². The average Bonchev–Trinajstić information content (AvgIpc) is 2.24. The molecule has 0 bridgehead atoms. The highest BCUT2D eigenvalue weighted by Gasteiger charge is 2.21. The molecule has 0 aliphatic rings. The molecule has 0 spiro atoms. The lowest BCUT2D eigenvalue weighted by molar-refractivity contribution is -0.128. The van der Waals surface area contributed by atoms with Crippen molar-refractivity contribution in [2.75, 3.05) is 6.54 Å². The second-order valence-electron chi connectivity index (χ2n) is 5.67. The largest absolute Gasteiger partial charge is 0.348 e. The van der Waals surface area contributed by atoms with Crippen molar-refractivity contribution >= 4 is 11.7 Å². The molecule has 3 heteroatoms. The minimum Gasteiger partial charge on any atom is -0.348 e. The van der Waals surface area contributed by atoms with E-state index in [2.05, 4.69) is 5.32 Å². The summed E-state index contributed by atoms with van der Waals surface area (Å²) in [7, 11) is 0. The molecule has 0 atom stereocenters. The maximum absolute atomic E-state index is 12.0. The van der Waals surface area contributed by atoms with E-state index in [0.29, 0.717) is 5.56 Å². The number of hydrogen-bond acceptors (Lipinski definition) is 2. The van der Waals surface area contributed by atoms with E-state index in [1.165, 1.54) is 0 Å². The van der Waals surface area contributed by atoms with Crippen LogP contribution in [0.5, 0.6) is 0 Å². The van der Waals surface area contributed by atoms with Crippen LogP contribution in [0.15, 0.2) is 18.2 Å². The van der Waals surface area contributed by atoms with E-state index in [9.17, 15) is 9.59 Å². The van der Waals surface area contributed by atoms with Crippen molar-refractivity contribution < 1.29 is 9.59 Å². The summed E-state index contributed by atoms with van der Waals surface area (Å²) in [5.74, 6) is -0.161. The molecule has 18 heavy (non-hydrogen) atoms. The lowest BCUT2D eigenvalue weighted by Crippen LogP contribution is -2.38. The summed E-state index contributed by atoms with van der Waals surface area (Å²) in [6.45, 7) is 9.42. The highest BCUT2D eigenvalue weighted by Crippen LogP contribution is 2.13. The number of amides is 1. The number of rotatable bonds is 3. The van der Waals surface area contributed by atoms with Crippen molar-refractivity contribution in [1.82, 2.24) is 5.32 Å². The summed E-state index contributed by atoms with van der Waals surface area (Å²) in [6, 6.07) is 5.70. The second-order valence-corrected chi connectivity index (χ2v) is 5.67. The maximum atomic E-state index is 12.0. The van der Waals surface area contributed by atoms with E-state index >= 15 is 0 Å². The smallest absolute Gasteiger partial charge is 0.225 e. The van der Waals surface area contributed by atoms with E-state index in [1.807, 2.05) is 52.8 Å². The zero-order chi connectivity index (χ0) is 13.9. The first kappa shape index (κ1) is 14.4. The van der Waals surface area contributed by atoms with E-state index < -0.39 is 5.41 Å². The molecular formula is C15H21NO2. The van der Waals surface area contributed by atoms with Crippen LogP contribution in [0.2, 0.25) is 0 Å². The molecule has 1 N–H and O–H groups in total. The van der Waals surface area contributed by atoms with E-state index in [4.69, 9.17) is 0 Å². The maximum Gasteiger partial charge on any atom is 0.225 e. The summed E-state index contributed by atoms with van der Waals surface area (Å²) in [5, 5.41) is 2.67. The minimum absolute atomic E-state index is 0.0508. The van der Waals surface area contributed by atoms with Crippen LogP contribution in [-0.2, 0) is 4.79 Å². The molecule has 98 valence electrons. The van der Waals surface area contributed by atoms with Gasteiger partial charge in [-0.15, -0.1) is 0 Å². The first-order valence-electron chi connectivity index (χ1n) is 6.10. The Morgan fingerprint density at radius 3 is 2.28 bits per heavy atom. The zero-order valence-corrected chi connectivity index (χ0v) is 11.8. The Morgan fingerprint density at radius 1 is 1.17 bits per heavy atom. The van der Waals surface area contributed by atoms with Gasteiger partial charge in [-0.05, 0) is 19.4 Å². The number of nitrogens with one attached hydrogen (secondary N) is 1. The first-order chi connectivity index (χ1) is 8.21. The van der Waals surface area contributed by atoms with Gasteiger partial charge in [-0.1, -0.05) is 44.5 Å². The lowest BCUT2D eigenvalue weighted by Gasteiger charge is -2.17. The average molecular weight is 247 g/mol. The fourth-order valence-corrected chi connectivity index (χ4v) is 1.65. The molecule has 0 heterocycles. The van der Waals surface area contributed by atoms with Gasteiger partial charge in [-0.25, -0.2) is 0 Å². The van der Waals surface area contributed by atoms with E-state index in [-0.39, 0.29) is 18.2 Å². The first-order valence-corrected chi connectivity index (χ1v) is 6.10. The van der Waals surface area contributed by atoms with Gasteiger partial charge in [0.2, 0.25) is 5.91 Å². The number of hydrogen-bond donors (Lipinski definition) is 1. The normalized spacial score (nSPS) is 11.2. The van der Waals surface area contributed by atoms with Gasteiger partial charge in [0.05, 0.1) is 6.54 Å². The van der Waals surface area contributed by atoms with Crippen LogP contribution in [0, 0.1) is 19.3 Å². The molecule has 1 amide bonds. The minimum atomic E-state index is -0.470. The van der Waals surface area contributed by atoms with Gasteiger partial charge in [0.25, 0.3) is 0 Å². The van der Waals surface area contributed by atoms with E-state index in [1.54, 1.807) is 0 Å². The molecule has 3 nitrogen and oxygen atoms in total. The van der Waals surface area contributed by atoms with Crippen molar-refractivity contribution in [3.63, 3.8) is 0 Å². The molecule has 1 aromatic rings. The molecule has 1 rings (SSSR count). The van der Waals surface area contributed by atoms with Gasteiger partial charge >= 0.3 is 0 Å². The number of Topliss-reactive ketones (excluding diaryl/α,β-unsaturated/α-hetero) is 1. The fourth-order valence-electron chi connectivity index (χ4n) is 1.65. The Morgan fingerprint density at radius 2 is 1.78 bits per heavy atom. The highest BCUT2D eigenvalue weighted by atomic mass is 16.2. The van der Waals surface area contributed by atoms with E-state index in [0.717, 1.165) is 11.1 Å². The van der Waals surface area contributed by atoms with Crippen LogP contribution in [0.4, 0.5) is 0 Å². The van der Waals surface area contributed by atoms with Crippen molar-refractivity contribution in [2.24, 2.45) is 5.41 Å². The third-order valence-corrected chi connectivity index (χ3v) is 2.77. The van der Waals surface area contributed by atoms with Gasteiger partial charge in [-0.3, -0.25) is 9.59 Å². The molecule has 0 unspecified atom stereocenters.